The Morgan fingerprint density at radius 3 is 2.14 bits per heavy atom. The maximum Gasteiger partial charge on any atom is 0.299 e. The Balaban J connectivity index is 1.79. The van der Waals surface area contributed by atoms with Gasteiger partial charge in [-0.05, 0) is 11.6 Å². The summed E-state index contributed by atoms with van der Waals surface area (Å²) in [6.07, 6.45) is 0. The summed E-state index contributed by atoms with van der Waals surface area (Å²) in [5.41, 5.74) is 6.09. The van der Waals surface area contributed by atoms with E-state index in [4.69, 9.17) is 5.73 Å². The number of non-ortho nitro benzene ring substituents is 1. The summed E-state index contributed by atoms with van der Waals surface area (Å²) in [7, 11) is 0. The Kier molecular flexibility index (Phi) is 5.50. The molecule has 1 heterocycles. The lowest BCUT2D eigenvalue weighted by Crippen LogP contribution is -2.50. The van der Waals surface area contributed by atoms with Crippen LogP contribution >= 0.6 is 0 Å². The third-order valence-corrected chi connectivity index (χ3v) is 4.77. The van der Waals surface area contributed by atoms with Gasteiger partial charge in [0, 0.05) is 32.2 Å². The number of nitro groups is 2. The van der Waals surface area contributed by atoms with Crippen LogP contribution in [0.25, 0.3) is 0 Å². The molecule has 2 N–H and O–H groups in total. The number of nitrogens with two attached hydrogens (primary N) is 1. The van der Waals surface area contributed by atoms with Crippen molar-refractivity contribution < 1.29 is 14.6 Å². The van der Waals surface area contributed by atoms with E-state index < -0.39 is 21.8 Å². The molecule has 146 valence electrons. The van der Waals surface area contributed by atoms with Crippen molar-refractivity contribution in [3.8, 4) is 0 Å². The summed E-state index contributed by atoms with van der Waals surface area (Å²) >= 11 is 0. The third-order valence-electron chi connectivity index (χ3n) is 4.77. The second kappa shape index (κ2) is 8.01. The molecule has 0 spiro atoms. The number of nitrogens with zero attached hydrogens (tertiary/aromatic N) is 4. The molecule has 0 unspecified atom stereocenters. The summed E-state index contributed by atoms with van der Waals surface area (Å²) in [6, 6.07) is 12.2. The molecule has 1 aliphatic heterocycles. The fourth-order valence-corrected chi connectivity index (χ4v) is 3.45. The van der Waals surface area contributed by atoms with E-state index in [1.54, 1.807) is 4.90 Å². The van der Waals surface area contributed by atoms with Crippen molar-refractivity contribution in [2.24, 2.45) is 5.73 Å². The second-order valence-corrected chi connectivity index (χ2v) is 6.43. The van der Waals surface area contributed by atoms with E-state index in [2.05, 4.69) is 0 Å². The molecule has 0 aromatic heterocycles. The Hall–Kier alpha value is -3.53. The van der Waals surface area contributed by atoms with Crippen molar-refractivity contribution in [3.05, 3.63) is 74.3 Å². The molecule has 10 heteroatoms. The van der Waals surface area contributed by atoms with Crippen LogP contribution in [-0.2, 0) is 4.79 Å². The van der Waals surface area contributed by atoms with Gasteiger partial charge in [0.05, 0.1) is 15.9 Å². The van der Waals surface area contributed by atoms with Gasteiger partial charge in [0.15, 0.2) is 0 Å². The molecule has 1 amide bonds. The molecular formula is C18H19N5O5. The van der Waals surface area contributed by atoms with Gasteiger partial charge in [-0.1, -0.05) is 30.3 Å². The first-order valence-electron chi connectivity index (χ1n) is 8.64. The smallest absolute Gasteiger partial charge is 0.299 e. The number of hydrogen-bond donors (Lipinski definition) is 1. The lowest BCUT2D eigenvalue weighted by Gasteiger charge is -2.39. The van der Waals surface area contributed by atoms with Gasteiger partial charge in [-0.2, -0.15) is 0 Å². The predicted molar refractivity (Wildman–Crippen MR) is 102 cm³/mol. The van der Waals surface area contributed by atoms with Crippen molar-refractivity contribution in [1.82, 2.24) is 4.90 Å². The maximum absolute atomic E-state index is 12.0. The molecule has 0 aliphatic carbocycles. The van der Waals surface area contributed by atoms with Crippen LogP contribution in [0.4, 0.5) is 17.1 Å². The number of carbonyl (C=O) groups excluding carboxylic acids is 1. The summed E-state index contributed by atoms with van der Waals surface area (Å²) < 4.78 is 0. The number of benzene rings is 2. The van der Waals surface area contributed by atoms with Crippen molar-refractivity contribution >= 4 is 23.0 Å². The van der Waals surface area contributed by atoms with Gasteiger partial charge in [-0.3, -0.25) is 29.9 Å². The fourth-order valence-electron chi connectivity index (χ4n) is 3.45. The third kappa shape index (κ3) is 3.91. The Morgan fingerprint density at radius 2 is 1.61 bits per heavy atom. The number of amides is 1. The normalized spacial score (nSPS) is 15.8. The molecule has 1 atom stereocenters. The fraction of sp³-hybridized carbons (Fsp3) is 0.278. The average molecular weight is 385 g/mol. The van der Waals surface area contributed by atoms with Crippen LogP contribution in [0.1, 0.15) is 11.6 Å². The summed E-state index contributed by atoms with van der Waals surface area (Å²) in [5.74, 6) is -0.457. The second-order valence-electron chi connectivity index (χ2n) is 6.43. The number of primary amides is 1. The zero-order chi connectivity index (χ0) is 20.3. The highest BCUT2D eigenvalue weighted by Crippen LogP contribution is 2.33. The van der Waals surface area contributed by atoms with E-state index >= 15 is 0 Å². The largest absolute Gasteiger partial charge is 0.368 e. The predicted octanol–water partition coefficient (Wildman–Crippen LogP) is 1.85. The van der Waals surface area contributed by atoms with Crippen molar-refractivity contribution in [2.75, 3.05) is 31.1 Å². The first kappa shape index (κ1) is 19.2. The molecule has 28 heavy (non-hydrogen) atoms. The van der Waals surface area contributed by atoms with Gasteiger partial charge in [0.25, 0.3) is 11.4 Å². The van der Waals surface area contributed by atoms with Crippen LogP contribution < -0.4 is 10.6 Å². The van der Waals surface area contributed by atoms with Crippen LogP contribution in [0.15, 0.2) is 48.5 Å². The molecule has 3 rings (SSSR count). The Labute approximate surface area is 160 Å². The zero-order valence-electron chi connectivity index (χ0n) is 14.9. The van der Waals surface area contributed by atoms with Gasteiger partial charge in [-0.15, -0.1) is 0 Å². The molecule has 0 radical (unpaired) electrons. The van der Waals surface area contributed by atoms with E-state index in [1.165, 1.54) is 12.1 Å². The lowest BCUT2D eigenvalue weighted by molar-refractivity contribution is -0.393. The van der Waals surface area contributed by atoms with Crippen LogP contribution in [0.5, 0.6) is 0 Å². The number of piperazine rings is 1. The topological polar surface area (TPSA) is 136 Å². The number of rotatable bonds is 6. The number of nitro benzene ring substituents is 2. The molecule has 2 aromatic rings. The molecule has 1 aliphatic rings. The van der Waals surface area contributed by atoms with E-state index in [0.29, 0.717) is 31.9 Å². The minimum absolute atomic E-state index is 0.308. The summed E-state index contributed by atoms with van der Waals surface area (Å²) in [5, 5.41) is 22.3. The minimum atomic E-state index is -0.661. The van der Waals surface area contributed by atoms with E-state index in [1.807, 2.05) is 35.2 Å². The zero-order valence-corrected chi connectivity index (χ0v) is 14.9. The first-order valence-corrected chi connectivity index (χ1v) is 8.64. The summed E-state index contributed by atoms with van der Waals surface area (Å²) in [4.78, 5) is 36.7. The van der Waals surface area contributed by atoms with Gasteiger partial charge in [-0.25, -0.2) is 0 Å². The van der Waals surface area contributed by atoms with Crippen LogP contribution in [0.3, 0.4) is 0 Å². The number of carbonyl (C=O) groups is 1. The van der Waals surface area contributed by atoms with Crippen molar-refractivity contribution in [1.29, 1.82) is 0 Å². The van der Waals surface area contributed by atoms with E-state index in [9.17, 15) is 25.0 Å². The van der Waals surface area contributed by atoms with E-state index in [-0.39, 0.29) is 11.4 Å². The van der Waals surface area contributed by atoms with Crippen LogP contribution in [-0.4, -0.2) is 46.8 Å². The highest BCUT2D eigenvalue weighted by molar-refractivity contribution is 5.81. The molecule has 10 nitrogen and oxygen atoms in total. The monoisotopic (exact) mass is 385 g/mol. The average Bonchev–Trinajstić information content (AvgIpc) is 2.68. The Morgan fingerprint density at radius 1 is 0.964 bits per heavy atom. The molecular weight excluding hydrogens is 366 g/mol. The molecule has 2 aromatic carbocycles. The Bertz CT molecular complexity index is 896. The quantitative estimate of drug-likeness (QED) is 0.592. The SMILES string of the molecule is NC(=O)[C@H](c1ccccc1)N1CCN(c2ccc([N+](=O)[O-])cc2[N+](=O)[O-])CC1. The van der Waals surface area contributed by atoms with Gasteiger partial charge in [0.2, 0.25) is 5.91 Å². The summed E-state index contributed by atoms with van der Waals surface area (Å²) in [6.45, 7) is 1.79. The number of hydrogen-bond acceptors (Lipinski definition) is 7. The standard InChI is InChI=1S/C18H19N5O5/c19-18(24)17(13-4-2-1-3-5-13)21-10-8-20(9-11-21)15-7-6-14(22(25)26)12-16(15)23(27)28/h1-7,12,17H,8-11H2,(H2,19,24)/t17-/m0/s1. The van der Waals surface area contributed by atoms with Crippen molar-refractivity contribution in [3.63, 3.8) is 0 Å². The first-order chi connectivity index (χ1) is 13.4. The van der Waals surface area contributed by atoms with Gasteiger partial charge >= 0.3 is 0 Å². The number of anilines is 1. The van der Waals surface area contributed by atoms with Gasteiger partial charge in [0.1, 0.15) is 11.7 Å². The molecule has 0 bridgehead atoms. The van der Waals surface area contributed by atoms with Crippen LogP contribution in [0, 0.1) is 20.2 Å². The highest BCUT2D eigenvalue weighted by Gasteiger charge is 2.31. The van der Waals surface area contributed by atoms with Crippen LogP contribution in [0.2, 0.25) is 0 Å². The molecule has 1 fully saturated rings. The highest BCUT2D eigenvalue weighted by atomic mass is 16.6. The van der Waals surface area contributed by atoms with Gasteiger partial charge < -0.3 is 10.6 Å². The molecule has 1 saturated heterocycles. The maximum atomic E-state index is 12.0. The molecule has 0 saturated carbocycles. The lowest BCUT2D eigenvalue weighted by atomic mass is 10.0. The van der Waals surface area contributed by atoms with Crippen molar-refractivity contribution in [2.45, 2.75) is 6.04 Å². The van der Waals surface area contributed by atoms with E-state index in [0.717, 1.165) is 11.6 Å². The minimum Gasteiger partial charge on any atom is -0.368 e.